The third-order valence-electron chi connectivity index (χ3n) is 6.78. The Labute approximate surface area is 189 Å². The Morgan fingerprint density at radius 1 is 1.15 bits per heavy atom. The van der Waals surface area contributed by atoms with Gasteiger partial charge in [0.2, 0.25) is 5.92 Å². The molecule has 1 fully saturated rings. The minimum atomic E-state index is -2.64. The molecule has 0 spiro atoms. The van der Waals surface area contributed by atoms with Crippen LogP contribution in [0.3, 0.4) is 0 Å². The number of rotatable bonds is 6. The van der Waals surface area contributed by atoms with E-state index in [0.29, 0.717) is 25.3 Å². The van der Waals surface area contributed by atoms with Crippen LogP contribution in [0.4, 0.5) is 13.2 Å². The Morgan fingerprint density at radius 2 is 1.97 bits per heavy atom. The number of halogens is 3. The van der Waals surface area contributed by atoms with Gasteiger partial charge in [0.1, 0.15) is 12.5 Å². The van der Waals surface area contributed by atoms with Crippen molar-refractivity contribution in [3.8, 4) is 11.3 Å². The second-order valence-corrected chi connectivity index (χ2v) is 9.03. The standard InChI is InChI=1S/C24H26F3N5O/c25-7-8-31-9-10-32-22(15-31)19(14-29-32)20-2-1-17-13-28-18(11-21(17)30-20)12-23(33)16-3-5-24(26,27)6-4-16/h1-2,11,13-14,16H,3-10,12,15H2. The van der Waals surface area contributed by atoms with Crippen LogP contribution in [0.5, 0.6) is 0 Å². The highest BCUT2D eigenvalue weighted by atomic mass is 19.3. The van der Waals surface area contributed by atoms with Gasteiger partial charge in [-0.2, -0.15) is 5.10 Å². The molecule has 0 saturated heterocycles. The van der Waals surface area contributed by atoms with E-state index in [2.05, 4.69) is 15.0 Å². The summed E-state index contributed by atoms with van der Waals surface area (Å²) in [5.74, 6) is -3.01. The molecule has 4 heterocycles. The third kappa shape index (κ3) is 4.64. The molecule has 0 unspecified atom stereocenters. The van der Waals surface area contributed by atoms with Gasteiger partial charge >= 0.3 is 0 Å². The molecule has 0 atom stereocenters. The Morgan fingerprint density at radius 3 is 2.76 bits per heavy atom. The van der Waals surface area contributed by atoms with Crippen molar-refractivity contribution in [2.24, 2.45) is 5.92 Å². The van der Waals surface area contributed by atoms with Crippen LogP contribution in [-0.4, -0.2) is 56.1 Å². The average Bonchev–Trinajstić information content (AvgIpc) is 3.22. The molecule has 0 bridgehead atoms. The zero-order valence-electron chi connectivity index (χ0n) is 18.3. The van der Waals surface area contributed by atoms with Crippen molar-refractivity contribution in [2.45, 2.75) is 51.1 Å². The summed E-state index contributed by atoms with van der Waals surface area (Å²) in [4.78, 5) is 23.9. The summed E-state index contributed by atoms with van der Waals surface area (Å²) in [6.45, 7) is 2.12. The molecule has 3 aromatic heterocycles. The Kier molecular flexibility index (Phi) is 5.90. The Bertz CT molecular complexity index is 1170. The van der Waals surface area contributed by atoms with Gasteiger partial charge in [-0.1, -0.05) is 0 Å². The van der Waals surface area contributed by atoms with Crippen LogP contribution >= 0.6 is 0 Å². The molecule has 0 radical (unpaired) electrons. The fourth-order valence-corrected chi connectivity index (χ4v) is 4.81. The normalized spacial score (nSPS) is 19.0. The summed E-state index contributed by atoms with van der Waals surface area (Å²) in [5.41, 5.74) is 4.01. The highest BCUT2D eigenvalue weighted by molar-refractivity contribution is 5.85. The molecule has 0 N–H and O–H groups in total. The summed E-state index contributed by atoms with van der Waals surface area (Å²) in [7, 11) is 0. The first-order chi connectivity index (χ1) is 15.9. The minimum absolute atomic E-state index is 0.0350. The van der Waals surface area contributed by atoms with Crippen LogP contribution in [0.15, 0.2) is 30.6 Å². The molecule has 1 aliphatic heterocycles. The molecule has 5 rings (SSSR count). The topological polar surface area (TPSA) is 63.9 Å². The number of alkyl halides is 3. The van der Waals surface area contributed by atoms with Gasteiger partial charge in [-0.3, -0.25) is 19.4 Å². The van der Waals surface area contributed by atoms with E-state index in [1.165, 1.54) is 0 Å². The first-order valence-corrected chi connectivity index (χ1v) is 11.4. The summed E-state index contributed by atoms with van der Waals surface area (Å²) in [6.07, 6.45) is 3.63. The fraction of sp³-hybridized carbons (Fsp3) is 0.500. The highest BCUT2D eigenvalue weighted by Gasteiger charge is 2.37. The van der Waals surface area contributed by atoms with E-state index in [-0.39, 0.29) is 50.5 Å². The zero-order valence-corrected chi connectivity index (χ0v) is 18.3. The van der Waals surface area contributed by atoms with Crippen LogP contribution in [0.25, 0.3) is 22.2 Å². The first-order valence-electron chi connectivity index (χ1n) is 11.4. The predicted octanol–water partition coefficient (Wildman–Crippen LogP) is 4.22. The van der Waals surface area contributed by atoms with Gasteiger partial charge in [0.15, 0.2) is 0 Å². The number of Topliss-reactive ketones (excluding diaryl/α,β-unsaturated/α-hetero) is 1. The molecule has 33 heavy (non-hydrogen) atoms. The number of hydrogen-bond acceptors (Lipinski definition) is 5. The molecule has 1 aliphatic carbocycles. The van der Waals surface area contributed by atoms with Crippen LogP contribution in [0.2, 0.25) is 0 Å². The Hall–Kier alpha value is -2.81. The van der Waals surface area contributed by atoms with Crippen molar-refractivity contribution in [3.63, 3.8) is 0 Å². The molecule has 174 valence electrons. The highest BCUT2D eigenvalue weighted by Crippen LogP contribution is 2.37. The number of fused-ring (bicyclic) bond motifs is 2. The largest absolute Gasteiger partial charge is 0.299 e. The molecule has 9 heteroatoms. The van der Waals surface area contributed by atoms with Gasteiger partial charge in [-0.25, -0.2) is 18.2 Å². The number of carbonyl (C=O) groups is 1. The van der Waals surface area contributed by atoms with E-state index >= 15 is 0 Å². The molecule has 0 aromatic carbocycles. The van der Waals surface area contributed by atoms with E-state index in [1.807, 2.05) is 16.8 Å². The minimum Gasteiger partial charge on any atom is -0.299 e. The molecule has 2 aliphatic rings. The number of nitrogens with zero attached hydrogens (tertiary/aromatic N) is 5. The van der Waals surface area contributed by atoms with E-state index < -0.39 is 5.92 Å². The van der Waals surface area contributed by atoms with Crippen molar-refractivity contribution < 1.29 is 18.0 Å². The van der Waals surface area contributed by atoms with E-state index in [9.17, 15) is 18.0 Å². The lowest BCUT2D eigenvalue weighted by Gasteiger charge is -2.27. The molecular formula is C24H26F3N5O. The lowest BCUT2D eigenvalue weighted by Crippen LogP contribution is -2.35. The van der Waals surface area contributed by atoms with Crippen molar-refractivity contribution in [1.82, 2.24) is 24.6 Å². The SMILES string of the molecule is O=C(Cc1cc2nc(-c3cnn4c3CN(CCF)CC4)ccc2cn1)C1CCC(F)(F)CC1. The van der Waals surface area contributed by atoms with Crippen LogP contribution in [-0.2, 0) is 24.3 Å². The van der Waals surface area contributed by atoms with Crippen LogP contribution in [0, 0.1) is 5.92 Å². The lowest BCUT2D eigenvalue weighted by molar-refractivity contribution is -0.126. The molecule has 6 nitrogen and oxygen atoms in total. The summed E-state index contributed by atoms with van der Waals surface area (Å²) >= 11 is 0. The molecule has 3 aromatic rings. The van der Waals surface area contributed by atoms with Gasteiger partial charge in [0, 0.05) is 67.7 Å². The van der Waals surface area contributed by atoms with Gasteiger partial charge in [-0.15, -0.1) is 0 Å². The van der Waals surface area contributed by atoms with Gasteiger partial charge < -0.3 is 0 Å². The van der Waals surface area contributed by atoms with E-state index in [1.54, 1.807) is 18.5 Å². The van der Waals surface area contributed by atoms with Gasteiger partial charge in [0.25, 0.3) is 0 Å². The molecular weight excluding hydrogens is 431 g/mol. The number of ketones is 1. The monoisotopic (exact) mass is 457 g/mol. The Balaban J connectivity index is 1.36. The van der Waals surface area contributed by atoms with Crippen molar-refractivity contribution in [2.75, 3.05) is 19.8 Å². The quantitative estimate of drug-likeness (QED) is 0.555. The average molecular weight is 458 g/mol. The fourth-order valence-electron chi connectivity index (χ4n) is 4.81. The van der Waals surface area contributed by atoms with Crippen LogP contribution < -0.4 is 0 Å². The second kappa shape index (κ2) is 8.85. The van der Waals surface area contributed by atoms with E-state index in [0.717, 1.165) is 34.4 Å². The number of pyridine rings is 2. The first kappa shape index (κ1) is 22.0. The van der Waals surface area contributed by atoms with Crippen LogP contribution in [0.1, 0.15) is 37.1 Å². The summed E-state index contributed by atoms with van der Waals surface area (Å²) in [6, 6.07) is 5.66. The van der Waals surface area contributed by atoms with Crippen molar-refractivity contribution in [1.29, 1.82) is 0 Å². The van der Waals surface area contributed by atoms with Gasteiger partial charge in [0.05, 0.1) is 29.6 Å². The summed E-state index contributed by atoms with van der Waals surface area (Å²) in [5, 5.41) is 5.33. The van der Waals surface area contributed by atoms with E-state index in [4.69, 9.17) is 4.98 Å². The maximum Gasteiger partial charge on any atom is 0.248 e. The number of carbonyl (C=O) groups excluding carboxylic acids is 1. The predicted molar refractivity (Wildman–Crippen MR) is 118 cm³/mol. The second-order valence-electron chi connectivity index (χ2n) is 9.03. The van der Waals surface area contributed by atoms with Crippen molar-refractivity contribution in [3.05, 3.63) is 42.0 Å². The maximum atomic E-state index is 13.4. The van der Waals surface area contributed by atoms with Gasteiger partial charge in [-0.05, 0) is 31.0 Å². The van der Waals surface area contributed by atoms with Crippen molar-refractivity contribution >= 4 is 16.7 Å². The number of aromatic nitrogens is 4. The zero-order chi connectivity index (χ0) is 23.0. The smallest absolute Gasteiger partial charge is 0.248 e. The molecule has 1 saturated carbocycles. The maximum absolute atomic E-state index is 13.4. The lowest BCUT2D eigenvalue weighted by atomic mass is 9.83. The molecule has 0 amide bonds. The summed E-state index contributed by atoms with van der Waals surface area (Å²) < 4.78 is 41.6. The number of hydrogen-bond donors (Lipinski definition) is 0. The third-order valence-corrected chi connectivity index (χ3v) is 6.78.